The molecule has 1 unspecified atom stereocenters. The highest BCUT2D eigenvalue weighted by atomic mass is 16.6. The molecule has 0 aliphatic carbocycles. The summed E-state index contributed by atoms with van der Waals surface area (Å²) in [5.74, 6) is -1.04. The highest BCUT2D eigenvalue weighted by molar-refractivity contribution is 5.96. The van der Waals surface area contributed by atoms with Crippen molar-refractivity contribution in [2.45, 2.75) is 39.0 Å². The van der Waals surface area contributed by atoms with E-state index in [-0.39, 0.29) is 25.7 Å². The van der Waals surface area contributed by atoms with Gasteiger partial charge in [0.1, 0.15) is 24.8 Å². The summed E-state index contributed by atoms with van der Waals surface area (Å²) in [5, 5.41) is 14.7. The van der Waals surface area contributed by atoms with Crippen LogP contribution < -0.4 is 32.2 Å². The van der Waals surface area contributed by atoms with Gasteiger partial charge in [-0.05, 0) is 79.7 Å². The molecule has 250 valence electrons. The maximum absolute atomic E-state index is 13.1. The molecule has 1 aliphatic heterocycles. The van der Waals surface area contributed by atoms with E-state index in [0.29, 0.717) is 48.5 Å². The minimum Gasteiger partial charge on any atom is -0.445 e. The van der Waals surface area contributed by atoms with Crippen LogP contribution in [0.25, 0.3) is 11.0 Å². The minimum atomic E-state index is -0.856. The number of amides is 4. The lowest BCUT2D eigenvalue weighted by Crippen LogP contribution is -2.54. The van der Waals surface area contributed by atoms with Gasteiger partial charge in [0.2, 0.25) is 11.8 Å². The molecule has 4 amide bonds. The Labute approximate surface area is 276 Å². The van der Waals surface area contributed by atoms with Gasteiger partial charge in [-0.3, -0.25) is 14.9 Å². The molecule has 5 N–H and O–H groups in total. The monoisotopic (exact) mass is 655 g/mol. The van der Waals surface area contributed by atoms with E-state index in [1.54, 1.807) is 49.4 Å². The first-order chi connectivity index (χ1) is 23.2. The summed E-state index contributed by atoms with van der Waals surface area (Å²) in [4.78, 5) is 62.3. The number of aryl methyl sites for hydroxylation is 1. The number of carbonyl (C=O) groups excluding carboxylic acids is 4. The molecule has 5 rings (SSSR count). The average molecular weight is 656 g/mol. The van der Waals surface area contributed by atoms with Crippen molar-refractivity contribution in [3.63, 3.8) is 0 Å². The molecule has 2 heterocycles. The van der Waals surface area contributed by atoms with Crippen molar-refractivity contribution < 1.29 is 33.1 Å². The summed E-state index contributed by atoms with van der Waals surface area (Å²) in [7, 11) is 0. The van der Waals surface area contributed by atoms with Crippen molar-refractivity contribution in [3.05, 3.63) is 106 Å². The molecule has 1 aliphatic rings. The summed E-state index contributed by atoms with van der Waals surface area (Å²) < 4.78 is 15.8. The van der Waals surface area contributed by atoms with Crippen LogP contribution in [0.2, 0.25) is 0 Å². The molecule has 13 nitrogen and oxygen atoms in total. The van der Waals surface area contributed by atoms with Crippen molar-refractivity contribution >= 4 is 46.3 Å². The van der Waals surface area contributed by atoms with Gasteiger partial charge in [0.05, 0.1) is 6.54 Å². The maximum Gasteiger partial charge on any atom is 0.411 e. The highest BCUT2D eigenvalue weighted by Crippen LogP contribution is 2.21. The normalized spacial score (nSPS) is 13.6. The topological polar surface area (TPSA) is 177 Å². The Morgan fingerprint density at radius 2 is 1.50 bits per heavy atom. The van der Waals surface area contributed by atoms with Crippen LogP contribution >= 0.6 is 0 Å². The number of piperidine rings is 1. The Balaban J connectivity index is 1.07. The molecule has 1 atom stereocenters. The van der Waals surface area contributed by atoms with Gasteiger partial charge in [0.25, 0.3) is 0 Å². The largest absolute Gasteiger partial charge is 0.445 e. The van der Waals surface area contributed by atoms with Gasteiger partial charge < -0.3 is 35.2 Å². The van der Waals surface area contributed by atoms with Crippen LogP contribution in [0.3, 0.4) is 0 Å². The Hall–Kier alpha value is -5.69. The fourth-order valence-corrected chi connectivity index (χ4v) is 5.34. The van der Waals surface area contributed by atoms with Crippen LogP contribution in [0.5, 0.6) is 0 Å². The van der Waals surface area contributed by atoms with Gasteiger partial charge in [0, 0.05) is 28.9 Å². The smallest absolute Gasteiger partial charge is 0.411 e. The molecule has 1 aromatic heterocycles. The van der Waals surface area contributed by atoms with E-state index >= 15 is 0 Å². The summed E-state index contributed by atoms with van der Waals surface area (Å²) in [6.07, 6.45) is -0.0331. The number of nitrogens with one attached hydrogen (secondary N) is 5. The molecule has 48 heavy (non-hydrogen) atoms. The molecular weight excluding hydrogens is 618 g/mol. The number of ether oxygens (including phenoxy) is 2. The number of hydrogen-bond acceptors (Lipinski definition) is 9. The second kappa shape index (κ2) is 16.2. The number of hydrogen-bond donors (Lipinski definition) is 5. The summed E-state index contributed by atoms with van der Waals surface area (Å²) >= 11 is 0. The van der Waals surface area contributed by atoms with E-state index in [4.69, 9.17) is 13.9 Å². The standard InChI is InChI=1S/C35H37N5O8/c1-22-17-31(42)48-29-18-27(11-12-28(22)29)39-34(44)46-21-24-7-9-26(10-8-24)38-30(41)19-37-33(43)32(25-13-15-36-16-14-25)40-35(45)47-20-23-5-3-2-4-6-23/h2-12,17-18,25,32,36H,13-16,19-21H2,1H3,(H,37,43)(H,38,41)(H,39,44)(H,40,45). The maximum atomic E-state index is 13.1. The van der Waals surface area contributed by atoms with E-state index < -0.39 is 35.7 Å². The van der Waals surface area contributed by atoms with Gasteiger partial charge in [-0.2, -0.15) is 0 Å². The summed E-state index contributed by atoms with van der Waals surface area (Å²) in [5.41, 5.74) is 3.03. The minimum absolute atomic E-state index is 0.0310. The van der Waals surface area contributed by atoms with E-state index in [1.165, 1.54) is 6.07 Å². The zero-order valence-corrected chi connectivity index (χ0v) is 26.4. The molecule has 0 spiro atoms. The van der Waals surface area contributed by atoms with Crippen LogP contribution in [-0.2, 0) is 32.3 Å². The Morgan fingerprint density at radius 3 is 2.23 bits per heavy atom. The molecule has 1 fully saturated rings. The van der Waals surface area contributed by atoms with Crippen molar-refractivity contribution in [1.82, 2.24) is 16.0 Å². The Kier molecular flexibility index (Phi) is 11.4. The fraction of sp³-hybridized carbons (Fsp3) is 0.286. The van der Waals surface area contributed by atoms with Gasteiger partial charge in [-0.15, -0.1) is 0 Å². The quantitative estimate of drug-likeness (QED) is 0.148. The lowest BCUT2D eigenvalue weighted by atomic mass is 9.89. The van der Waals surface area contributed by atoms with Crippen LogP contribution in [-0.4, -0.2) is 49.7 Å². The van der Waals surface area contributed by atoms with Gasteiger partial charge in [-0.25, -0.2) is 14.4 Å². The first kappa shape index (κ1) is 33.7. The number of benzene rings is 3. The van der Waals surface area contributed by atoms with Crippen LogP contribution in [0, 0.1) is 12.8 Å². The zero-order valence-electron chi connectivity index (χ0n) is 26.4. The molecule has 13 heteroatoms. The van der Waals surface area contributed by atoms with Gasteiger partial charge in [-0.1, -0.05) is 42.5 Å². The van der Waals surface area contributed by atoms with Crippen LogP contribution in [0.1, 0.15) is 29.5 Å². The molecule has 0 saturated carbocycles. The van der Waals surface area contributed by atoms with Crippen LogP contribution in [0.4, 0.5) is 21.0 Å². The van der Waals surface area contributed by atoms with Crippen molar-refractivity contribution in [2.75, 3.05) is 30.3 Å². The second-order valence-corrected chi connectivity index (χ2v) is 11.4. The Morgan fingerprint density at radius 1 is 0.833 bits per heavy atom. The number of rotatable bonds is 11. The average Bonchev–Trinajstić information content (AvgIpc) is 3.09. The van der Waals surface area contributed by atoms with E-state index in [1.807, 2.05) is 30.3 Å². The highest BCUT2D eigenvalue weighted by Gasteiger charge is 2.31. The lowest BCUT2D eigenvalue weighted by molar-refractivity contribution is -0.126. The summed E-state index contributed by atoms with van der Waals surface area (Å²) in [6.45, 7) is 2.97. The second-order valence-electron chi connectivity index (χ2n) is 11.4. The molecule has 0 radical (unpaired) electrons. The first-order valence-corrected chi connectivity index (χ1v) is 15.6. The third kappa shape index (κ3) is 9.66. The van der Waals surface area contributed by atoms with E-state index in [9.17, 15) is 24.0 Å². The van der Waals surface area contributed by atoms with E-state index in [0.717, 1.165) is 16.5 Å². The van der Waals surface area contributed by atoms with Crippen molar-refractivity contribution in [2.24, 2.45) is 5.92 Å². The van der Waals surface area contributed by atoms with Crippen molar-refractivity contribution in [1.29, 1.82) is 0 Å². The third-order valence-electron chi connectivity index (χ3n) is 7.85. The molecule has 1 saturated heterocycles. The van der Waals surface area contributed by atoms with Crippen molar-refractivity contribution in [3.8, 4) is 0 Å². The first-order valence-electron chi connectivity index (χ1n) is 15.6. The lowest BCUT2D eigenvalue weighted by Gasteiger charge is -2.30. The SMILES string of the molecule is Cc1cc(=O)oc2cc(NC(=O)OCc3ccc(NC(=O)CNC(=O)C(NC(=O)OCc4ccccc4)C4CCNCC4)cc3)ccc12. The van der Waals surface area contributed by atoms with Gasteiger partial charge >= 0.3 is 17.8 Å². The zero-order chi connectivity index (χ0) is 33.9. The number of anilines is 2. The number of carbonyl (C=O) groups is 4. The molecular formula is C35H37N5O8. The predicted octanol–water partition coefficient (Wildman–Crippen LogP) is 4.20. The Bertz CT molecular complexity index is 1800. The van der Waals surface area contributed by atoms with Crippen LogP contribution in [0.15, 0.2) is 88.1 Å². The van der Waals surface area contributed by atoms with Gasteiger partial charge in [0.15, 0.2) is 0 Å². The molecule has 4 aromatic rings. The number of fused-ring (bicyclic) bond motifs is 1. The van der Waals surface area contributed by atoms with E-state index in [2.05, 4.69) is 26.6 Å². The fourth-order valence-electron chi connectivity index (χ4n) is 5.34. The molecule has 0 bridgehead atoms. The molecule has 3 aromatic carbocycles. The number of alkyl carbamates (subject to hydrolysis) is 1. The predicted molar refractivity (Wildman–Crippen MR) is 178 cm³/mol. The third-order valence-corrected chi connectivity index (χ3v) is 7.85. The summed E-state index contributed by atoms with van der Waals surface area (Å²) in [6, 6.07) is 21.4.